The van der Waals surface area contributed by atoms with Gasteiger partial charge in [-0.15, -0.1) is 0 Å². The molecule has 0 aromatic carbocycles. The van der Waals surface area contributed by atoms with Gasteiger partial charge in [0.05, 0.1) is 13.0 Å². The van der Waals surface area contributed by atoms with Gasteiger partial charge in [-0.3, -0.25) is 9.59 Å². The Morgan fingerprint density at radius 1 is 1.29 bits per heavy atom. The lowest BCUT2D eigenvalue weighted by Gasteiger charge is -2.19. The lowest BCUT2D eigenvalue weighted by molar-refractivity contribution is -0.137. The number of amides is 3. The van der Waals surface area contributed by atoms with Crippen LogP contribution in [0.5, 0.6) is 0 Å². The third-order valence-corrected chi connectivity index (χ3v) is 3.25. The van der Waals surface area contributed by atoms with Crippen molar-refractivity contribution < 1.29 is 24.2 Å². The van der Waals surface area contributed by atoms with Crippen LogP contribution in [0.1, 0.15) is 26.2 Å². The van der Waals surface area contributed by atoms with Crippen molar-refractivity contribution in [3.8, 4) is 0 Å². The maximum atomic E-state index is 11.8. The average molecular weight is 301 g/mol. The molecular weight excluding hydrogens is 278 g/mol. The molecule has 2 unspecified atom stereocenters. The highest BCUT2D eigenvalue weighted by Gasteiger charge is 2.34. The van der Waals surface area contributed by atoms with Crippen molar-refractivity contribution in [3.63, 3.8) is 0 Å². The summed E-state index contributed by atoms with van der Waals surface area (Å²) in [5.41, 5.74) is 0. The van der Waals surface area contributed by atoms with Gasteiger partial charge in [0.1, 0.15) is 6.04 Å². The van der Waals surface area contributed by atoms with E-state index in [9.17, 15) is 14.4 Å². The van der Waals surface area contributed by atoms with Crippen molar-refractivity contribution in [2.24, 2.45) is 5.92 Å². The molecule has 1 saturated carbocycles. The van der Waals surface area contributed by atoms with Gasteiger partial charge in [-0.1, -0.05) is 0 Å². The van der Waals surface area contributed by atoms with Crippen LogP contribution in [-0.4, -0.2) is 55.4 Å². The van der Waals surface area contributed by atoms with Crippen LogP contribution < -0.4 is 16.0 Å². The molecule has 120 valence electrons. The van der Waals surface area contributed by atoms with Crippen LogP contribution in [0.3, 0.4) is 0 Å². The molecule has 8 nitrogen and oxygen atoms in total. The summed E-state index contributed by atoms with van der Waals surface area (Å²) in [5, 5.41) is 16.6. The van der Waals surface area contributed by atoms with Gasteiger partial charge in [0.15, 0.2) is 0 Å². The van der Waals surface area contributed by atoms with E-state index in [2.05, 4.69) is 16.0 Å². The van der Waals surface area contributed by atoms with Gasteiger partial charge in [-0.05, 0) is 25.7 Å². The molecule has 0 spiro atoms. The minimum Gasteiger partial charge on any atom is -0.481 e. The summed E-state index contributed by atoms with van der Waals surface area (Å²) in [5.74, 6) is -1.04. The number of hydrogen-bond donors (Lipinski definition) is 4. The van der Waals surface area contributed by atoms with Crippen LogP contribution >= 0.6 is 0 Å². The number of carbonyl (C=O) groups is 3. The first kappa shape index (κ1) is 17.2. The lowest BCUT2D eigenvalue weighted by atomic mass is 10.1. The fourth-order valence-electron chi connectivity index (χ4n) is 1.92. The van der Waals surface area contributed by atoms with E-state index in [4.69, 9.17) is 9.84 Å². The van der Waals surface area contributed by atoms with Crippen molar-refractivity contribution in [1.29, 1.82) is 0 Å². The van der Waals surface area contributed by atoms with E-state index in [1.165, 1.54) is 7.11 Å². The number of carboxylic acid groups (broad SMARTS) is 1. The normalized spacial score (nSPS) is 16.7. The van der Waals surface area contributed by atoms with Gasteiger partial charge in [0.2, 0.25) is 5.91 Å². The summed E-state index contributed by atoms with van der Waals surface area (Å²) < 4.78 is 4.81. The predicted molar refractivity (Wildman–Crippen MR) is 74.8 cm³/mol. The molecule has 4 N–H and O–H groups in total. The monoisotopic (exact) mass is 301 g/mol. The molecule has 2 atom stereocenters. The number of hydrogen-bond acceptors (Lipinski definition) is 4. The summed E-state index contributed by atoms with van der Waals surface area (Å²) in [6.45, 7) is 2.32. The van der Waals surface area contributed by atoms with Crippen LogP contribution in [0.15, 0.2) is 0 Å². The molecule has 1 aliphatic carbocycles. The van der Waals surface area contributed by atoms with Crippen LogP contribution in [0.25, 0.3) is 0 Å². The Labute approximate surface area is 123 Å². The lowest BCUT2D eigenvalue weighted by Crippen LogP contribution is -2.51. The van der Waals surface area contributed by atoms with E-state index in [-0.39, 0.29) is 24.3 Å². The van der Waals surface area contributed by atoms with Gasteiger partial charge in [-0.2, -0.15) is 0 Å². The topological polar surface area (TPSA) is 117 Å². The molecule has 1 aliphatic rings. The summed E-state index contributed by atoms with van der Waals surface area (Å²) in [6, 6.07) is -1.61. The Hall–Kier alpha value is -1.83. The first-order chi connectivity index (χ1) is 9.93. The maximum Gasteiger partial charge on any atom is 0.315 e. The zero-order valence-electron chi connectivity index (χ0n) is 12.3. The molecule has 0 aliphatic heterocycles. The highest BCUT2D eigenvalue weighted by Crippen LogP contribution is 2.33. The molecule has 8 heteroatoms. The van der Waals surface area contributed by atoms with Gasteiger partial charge < -0.3 is 25.8 Å². The minimum atomic E-state index is -0.947. The van der Waals surface area contributed by atoms with Gasteiger partial charge in [0.25, 0.3) is 0 Å². The van der Waals surface area contributed by atoms with E-state index >= 15 is 0 Å². The molecule has 1 rings (SSSR count). The predicted octanol–water partition coefficient (Wildman–Crippen LogP) is -0.310. The smallest absolute Gasteiger partial charge is 0.315 e. The molecule has 1 fully saturated rings. The summed E-state index contributed by atoms with van der Waals surface area (Å²) in [7, 11) is 1.53. The third-order valence-electron chi connectivity index (χ3n) is 3.25. The zero-order valence-corrected chi connectivity index (χ0v) is 12.3. The molecule has 0 bridgehead atoms. The highest BCUT2D eigenvalue weighted by molar-refractivity contribution is 5.86. The molecule has 0 saturated heterocycles. The Morgan fingerprint density at radius 3 is 2.48 bits per heavy atom. The standard InChI is InChI=1S/C13H23N3O5/c1-8(12(19)14-5-6-21-2)15-13(20)16-10(7-11(17)18)9-3-4-9/h8-10H,3-7H2,1-2H3,(H,14,19)(H,17,18)(H2,15,16,20). The zero-order chi connectivity index (χ0) is 15.8. The molecule has 0 radical (unpaired) electrons. The van der Waals surface area contributed by atoms with Crippen LogP contribution in [0.4, 0.5) is 4.79 Å². The third kappa shape index (κ3) is 6.94. The fraction of sp³-hybridized carbons (Fsp3) is 0.769. The molecule has 0 aromatic rings. The first-order valence-electron chi connectivity index (χ1n) is 6.99. The van der Waals surface area contributed by atoms with E-state index in [0.717, 1.165) is 12.8 Å². The Morgan fingerprint density at radius 2 is 1.95 bits per heavy atom. The van der Waals surface area contributed by atoms with Crippen molar-refractivity contribution in [3.05, 3.63) is 0 Å². The second-order valence-electron chi connectivity index (χ2n) is 5.17. The van der Waals surface area contributed by atoms with Gasteiger partial charge in [0, 0.05) is 19.7 Å². The number of carboxylic acids is 1. The summed E-state index contributed by atoms with van der Waals surface area (Å²) in [6.07, 6.45) is 1.74. The first-order valence-corrected chi connectivity index (χ1v) is 6.99. The van der Waals surface area contributed by atoms with Crippen LogP contribution in [0, 0.1) is 5.92 Å². The molecular formula is C13H23N3O5. The number of ether oxygens (including phenoxy) is 1. The van der Waals surface area contributed by atoms with Gasteiger partial charge >= 0.3 is 12.0 Å². The number of nitrogens with one attached hydrogen (secondary N) is 3. The second kappa shape index (κ2) is 8.46. The average Bonchev–Trinajstić information content (AvgIpc) is 3.21. The number of methoxy groups -OCH3 is 1. The Balaban J connectivity index is 2.33. The summed E-state index contributed by atoms with van der Waals surface area (Å²) >= 11 is 0. The van der Waals surface area contributed by atoms with Crippen LogP contribution in [0.2, 0.25) is 0 Å². The highest BCUT2D eigenvalue weighted by atomic mass is 16.5. The number of rotatable bonds is 9. The maximum absolute atomic E-state index is 11.8. The van der Waals surface area contributed by atoms with Gasteiger partial charge in [-0.25, -0.2) is 4.79 Å². The van der Waals surface area contributed by atoms with E-state index in [0.29, 0.717) is 13.2 Å². The number of aliphatic carboxylic acids is 1. The van der Waals surface area contributed by atoms with Crippen molar-refractivity contribution >= 4 is 17.9 Å². The van der Waals surface area contributed by atoms with E-state index in [1.54, 1.807) is 6.92 Å². The number of carbonyl (C=O) groups excluding carboxylic acids is 2. The van der Waals surface area contributed by atoms with E-state index < -0.39 is 18.0 Å². The fourth-order valence-corrected chi connectivity index (χ4v) is 1.92. The van der Waals surface area contributed by atoms with Crippen molar-refractivity contribution in [1.82, 2.24) is 16.0 Å². The molecule has 3 amide bonds. The number of urea groups is 1. The minimum absolute atomic E-state index is 0.105. The summed E-state index contributed by atoms with van der Waals surface area (Å²) in [4.78, 5) is 34.2. The largest absolute Gasteiger partial charge is 0.481 e. The molecule has 0 heterocycles. The van der Waals surface area contributed by atoms with Crippen molar-refractivity contribution in [2.75, 3.05) is 20.3 Å². The Bertz CT molecular complexity index is 384. The van der Waals surface area contributed by atoms with Crippen molar-refractivity contribution in [2.45, 2.75) is 38.3 Å². The van der Waals surface area contributed by atoms with Crippen LogP contribution in [-0.2, 0) is 14.3 Å². The molecule has 21 heavy (non-hydrogen) atoms. The second-order valence-corrected chi connectivity index (χ2v) is 5.17. The van der Waals surface area contributed by atoms with E-state index in [1.807, 2.05) is 0 Å². The quantitative estimate of drug-likeness (QED) is 0.436. The molecule has 0 aromatic heterocycles. The Kier molecular flexibility index (Phi) is 6.93. The SMILES string of the molecule is COCCNC(=O)C(C)NC(=O)NC(CC(=O)O)C1CC1.